The highest BCUT2D eigenvalue weighted by Crippen LogP contribution is 2.36. The van der Waals surface area contributed by atoms with Gasteiger partial charge in [-0.1, -0.05) is 6.07 Å². The molecule has 0 aliphatic heterocycles. The lowest BCUT2D eigenvalue weighted by molar-refractivity contribution is -0.139. The Morgan fingerprint density at radius 1 is 1.23 bits per heavy atom. The molecule has 0 amide bonds. The number of rotatable bonds is 6. The first kappa shape index (κ1) is 23.8. The second kappa shape index (κ2) is 9.54. The minimum absolute atomic E-state index is 0. The molecule has 2 aromatic heterocycles. The Balaban J connectivity index is 0.00000320. The molecular weight excluding hydrogens is 451 g/mol. The number of benzene rings is 1. The first-order chi connectivity index (χ1) is 13.7. The van der Waals surface area contributed by atoms with Gasteiger partial charge in [0.05, 0.1) is 25.0 Å². The lowest BCUT2D eigenvalue weighted by Gasteiger charge is -2.09. The van der Waals surface area contributed by atoms with E-state index in [-0.39, 0.29) is 43.2 Å². The van der Waals surface area contributed by atoms with E-state index in [1.807, 2.05) is 0 Å². The van der Waals surface area contributed by atoms with E-state index in [9.17, 15) is 26.7 Å². The van der Waals surface area contributed by atoms with Crippen LogP contribution in [0.15, 0.2) is 53.4 Å². The number of hydrogen-bond acceptors (Lipinski definition) is 4. The van der Waals surface area contributed by atoms with Gasteiger partial charge in [-0.2, -0.15) is 18.3 Å². The molecule has 0 aliphatic carbocycles. The first-order valence-corrected chi connectivity index (χ1v) is 9.11. The van der Waals surface area contributed by atoms with Gasteiger partial charge in [0, 0.05) is 16.3 Å². The Morgan fingerprint density at radius 2 is 1.97 bits per heavy atom. The van der Waals surface area contributed by atoms with Gasteiger partial charge in [0.1, 0.15) is 12.1 Å². The van der Waals surface area contributed by atoms with E-state index in [4.69, 9.17) is 5.73 Å². The summed E-state index contributed by atoms with van der Waals surface area (Å²) >= 11 is 1.17. The van der Waals surface area contributed by atoms with Gasteiger partial charge in [-0.05, 0) is 35.4 Å². The largest absolute Gasteiger partial charge is 0.419 e. The second-order valence-electron chi connectivity index (χ2n) is 6.13. The SMILES string of the molecule is Cl.NC/C(=C\F)Cn1ncn(Cc2ccc(-c3ccc(F)c(C(F)(F)F)c3)s2)c1=O. The van der Waals surface area contributed by atoms with Gasteiger partial charge in [-0.3, -0.25) is 4.57 Å². The summed E-state index contributed by atoms with van der Waals surface area (Å²) in [5, 5.41) is 3.90. The molecule has 3 aromatic rings. The molecule has 0 saturated heterocycles. The fourth-order valence-electron chi connectivity index (χ4n) is 2.61. The molecule has 0 unspecified atom stereocenters. The highest BCUT2D eigenvalue weighted by atomic mass is 35.5. The van der Waals surface area contributed by atoms with Crippen molar-refractivity contribution in [2.24, 2.45) is 5.73 Å². The van der Waals surface area contributed by atoms with Crippen LogP contribution in [0.2, 0.25) is 0 Å². The first-order valence-electron chi connectivity index (χ1n) is 8.29. The number of alkyl halides is 3. The third-order valence-corrected chi connectivity index (χ3v) is 5.23. The highest BCUT2D eigenvalue weighted by molar-refractivity contribution is 7.15. The average Bonchev–Trinajstić information content (AvgIpc) is 3.27. The van der Waals surface area contributed by atoms with Crippen LogP contribution in [0.25, 0.3) is 10.4 Å². The fourth-order valence-corrected chi connectivity index (χ4v) is 3.61. The van der Waals surface area contributed by atoms with Crippen LogP contribution in [0.4, 0.5) is 22.0 Å². The lowest BCUT2D eigenvalue weighted by atomic mass is 10.1. The maximum absolute atomic E-state index is 13.5. The number of nitrogens with zero attached hydrogens (tertiary/aromatic N) is 3. The van der Waals surface area contributed by atoms with Gasteiger partial charge in [0.25, 0.3) is 0 Å². The molecule has 30 heavy (non-hydrogen) atoms. The van der Waals surface area contributed by atoms with Crippen molar-refractivity contribution in [3.63, 3.8) is 0 Å². The van der Waals surface area contributed by atoms with E-state index in [2.05, 4.69) is 5.10 Å². The molecule has 3 rings (SSSR count). The fraction of sp³-hybridized carbons (Fsp3) is 0.222. The topological polar surface area (TPSA) is 65.8 Å². The van der Waals surface area contributed by atoms with Crippen LogP contribution in [0.3, 0.4) is 0 Å². The van der Waals surface area contributed by atoms with Crippen LogP contribution in [-0.2, 0) is 19.3 Å². The van der Waals surface area contributed by atoms with Crippen molar-refractivity contribution in [2.45, 2.75) is 19.3 Å². The molecule has 5 nitrogen and oxygen atoms in total. The molecule has 12 heteroatoms. The molecule has 2 N–H and O–H groups in total. The summed E-state index contributed by atoms with van der Waals surface area (Å²) in [5.74, 6) is -1.34. The number of halogens is 6. The van der Waals surface area contributed by atoms with Crippen molar-refractivity contribution in [3.05, 3.63) is 75.3 Å². The number of hydrogen-bond donors (Lipinski definition) is 1. The Labute approximate surface area is 177 Å². The molecule has 2 heterocycles. The summed E-state index contributed by atoms with van der Waals surface area (Å²) in [6.07, 6.45) is -3.18. The molecule has 1 aromatic carbocycles. The number of aromatic nitrogens is 3. The summed E-state index contributed by atoms with van der Waals surface area (Å²) in [4.78, 5) is 13.5. The zero-order valence-corrected chi connectivity index (χ0v) is 16.8. The van der Waals surface area contributed by atoms with Crippen molar-refractivity contribution in [1.29, 1.82) is 0 Å². The van der Waals surface area contributed by atoms with E-state index in [0.717, 1.165) is 16.8 Å². The van der Waals surface area contributed by atoms with Crippen LogP contribution in [-0.4, -0.2) is 20.9 Å². The Hall–Kier alpha value is -2.50. The van der Waals surface area contributed by atoms with Crippen LogP contribution in [0.5, 0.6) is 0 Å². The van der Waals surface area contributed by atoms with Crippen molar-refractivity contribution in [3.8, 4) is 10.4 Å². The van der Waals surface area contributed by atoms with Crippen molar-refractivity contribution in [1.82, 2.24) is 14.3 Å². The molecular formula is C18H16ClF5N4OS. The summed E-state index contributed by atoms with van der Waals surface area (Å²) < 4.78 is 67.2. The molecule has 0 saturated carbocycles. The van der Waals surface area contributed by atoms with Gasteiger partial charge in [0.15, 0.2) is 0 Å². The van der Waals surface area contributed by atoms with Crippen LogP contribution in [0.1, 0.15) is 10.4 Å². The minimum Gasteiger partial charge on any atom is -0.327 e. The quantitative estimate of drug-likeness (QED) is 0.553. The van der Waals surface area contributed by atoms with Crippen LogP contribution in [0, 0.1) is 5.82 Å². The van der Waals surface area contributed by atoms with Crippen molar-refractivity contribution in [2.75, 3.05) is 6.54 Å². The molecule has 0 radical (unpaired) electrons. The second-order valence-corrected chi connectivity index (χ2v) is 7.30. The molecule has 0 fully saturated rings. The van der Waals surface area contributed by atoms with Gasteiger partial charge >= 0.3 is 11.9 Å². The molecule has 162 valence electrons. The molecule has 0 spiro atoms. The normalized spacial score (nSPS) is 12.1. The van der Waals surface area contributed by atoms with Gasteiger partial charge in [0.2, 0.25) is 0 Å². The summed E-state index contributed by atoms with van der Waals surface area (Å²) in [7, 11) is 0. The predicted molar refractivity (Wildman–Crippen MR) is 106 cm³/mol. The average molecular weight is 467 g/mol. The van der Waals surface area contributed by atoms with E-state index >= 15 is 0 Å². The standard InChI is InChI=1S/C18H15F5N4OS.ClH/c19-6-11(7-24)8-27-17(28)26(10-25-27)9-13-2-4-16(29-13)12-1-3-15(20)14(5-12)18(21,22)23;/h1-6,10H,7-9,24H2;1H/b11-6+;. The third kappa shape index (κ3) is 5.15. The van der Waals surface area contributed by atoms with Crippen molar-refractivity contribution >= 4 is 23.7 Å². The van der Waals surface area contributed by atoms with E-state index in [1.54, 1.807) is 12.1 Å². The predicted octanol–water partition coefficient (Wildman–Crippen LogP) is 4.21. The van der Waals surface area contributed by atoms with Crippen LogP contribution >= 0.6 is 23.7 Å². The van der Waals surface area contributed by atoms with Crippen LogP contribution < -0.4 is 11.4 Å². The maximum Gasteiger partial charge on any atom is 0.419 e. The summed E-state index contributed by atoms with van der Waals surface area (Å²) in [5.41, 5.74) is 3.98. The van der Waals surface area contributed by atoms with Gasteiger partial charge in [-0.15, -0.1) is 23.7 Å². The smallest absolute Gasteiger partial charge is 0.327 e. The third-order valence-electron chi connectivity index (χ3n) is 4.11. The summed E-state index contributed by atoms with van der Waals surface area (Å²) in [6.45, 7) is 0.000110. The minimum atomic E-state index is -4.79. The summed E-state index contributed by atoms with van der Waals surface area (Å²) in [6, 6.07) is 6.06. The Morgan fingerprint density at radius 3 is 2.60 bits per heavy atom. The lowest BCUT2D eigenvalue weighted by Crippen LogP contribution is -2.26. The van der Waals surface area contributed by atoms with Gasteiger partial charge in [-0.25, -0.2) is 18.3 Å². The number of thiophene rings is 1. The zero-order chi connectivity index (χ0) is 21.2. The number of nitrogens with two attached hydrogens (primary N) is 1. The molecule has 0 aliphatic rings. The molecule has 0 bridgehead atoms. The monoisotopic (exact) mass is 466 g/mol. The maximum atomic E-state index is 13.5. The van der Waals surface area contributed by atoms with E-state index in [1.165, 1.54) is 28.3 Å². The van der Waals surface area contributed by atoms with Crippen molar-refractivity contribution < 1.29 is 22.0 Å². The molecule has 0 atom stereocenters. The van der Waals surface area contributed by atoms with Gasteiger partial charge < -0.3 is 5.73 Å². The Kier molecular flexibility index (Phi) is 7.56. The van der Waals surface area contributed by atoms with E-state index < -0.39 is 23.2 Å². The Bertz CT molecular complexity index is 1100. The van der Waals surface area contributed by atoms with E-state index in [0.29, 0.717) is 16.1 Å². The highest BCUT2D eigenvalue weighted by Gasteiger charge is 2.34. The zero-order valence-electron chi connectivity index (χ0n) is 15.2.